The molecular weight excluding hydrogens is 1140 g/mol. The molecule has 0 heterocycles. The third kappa shape index (κ3) is 75.7. The van der Waals surface area contributed by atoms with Gasteiger partial charge in [-0.05, 0) is 12.8 Å². The molecule has 0 saturated carbocycles. The fourth-order valence-corrected chi connectivity index (χ4v) is 13.3. The van der Waals surface area contributed by atoms with Gasteiger partial charge in [0.05, 0.1) is 40.3 Å². The highest BCUT2D eigenvalue weighted by Gasteiger charge is 2.22. The summed E-state index contributed by atoms with van der Waals surface area (Å²) in [6.07, 6.45) is 89.7. The van der Waals surface area contributed by atoms with Gasteiger partial charge in [-0.15, -0.1) is 0 Å². The highest BCUT2D eigenvalue weighted by molar-refractivity contribution is 5.70. The quantitative estimate of drug-likeness (QED) is 0.0256. The lowest BCUT2D eigenvalue weighted by Gasteiger charge is -2.26. The van der Waals surface area contributed by atoms with Gasteiger partial charge in [-0.2, -0.15) is 0 Å². The van der Waals surface area contributed by atoms with Crippen LogP contribution in [0.15, 0.2) is 0 Å². The van der Waals surface area contributed by atoms with Crippen LogP contribution in [0.4, 0.5) is 0 Å². The third-order valence-corrected chi connectivity index (χ3v) is 19.6. The van der Waals surface area contributed by atoms with Gasteiger partial charge in [0.15, 0.2) is 12.4 Å². The largest absolute Gasteiger partial charge is 0.545 e. The molecule has 0 aromatic rings. The number of hydrogen-bond donors (Lipinski definition) is 0. The molecule has 0 spiro atoms. The monoisotopic (exact) mass is 1300 g/mol. The summed E-state index contributed by atoms with van der Waals surface area (Å²) >= 11 is 0. The first kappa shape index (κ1) is 90.3. The minimum absolute atomic E-state index is 0.154. The summed E-state index contributed by atoms with van der Waals surface area (Å²) in [6, 6.07) is 0. The zero-order valence-electron chi connectivity index (χ0n) is 63.0. The van der Waals surface area contributed by atoms with Crippen LogP contribution in [-0.2, 0) is 33.3 Å². The molecule has 0 aliphatic rings. The van der Waals surface area contributed by atoms with Crippen molar-refractivity contribution in [2.24, 2.45) is 0 Å². The predicted octanol–water partition coefficient (Wildman–Crippen LogP) is 25.2. The minimum Gasteiger partial charge on any atom is -0.545 e. The van der Waals surface area contributed by atoms with Gasteiger partial charge in [0, 0.05) is 12.8 Å². The summed E-state index contributed by atoms with van der Waals surface area (Å²) < 4.78 is 22.9. The van der Waals surface area contributed by atoms with Crippen LogP contribution in [0.1, 0.15) is 457 Å². The van der Waals surface area contributed by atoms with Crippen molar-refractivity contribution >= 4 is 17.9 Å². The molecule has 0 aliphatic carbocycles. The lowest BCUT2D eigenvalue weighted by molar-refractivity contribution is -0.870. The van der Waals surface area contributed by atoms with Crippen molar-refractivity contribution in [1.82, 2.24) is 0 Å². The van der Waals surface area contributed by atoms with Crippen LogP contribution in [0.5, 0.6) is 0 Å². The smallest absolute Gasteiger partial charge is 0.306 e. The van der Waals surface area contributed by atoms with Crippen molar-refractivity contribution in [3.63, 3.8) is 0 Å². The van der Waals surface area contributed by atoms with Gasteiger partial charge in [-0.3, -0.25) is 9.59 Å². The van der Waals surface area contributed by atoms with Crippen molar-refractivity contribution < 1.29 is 42.9 Å². The second kappa shape index (κ2) is 75.1. The summed E-state index contributed by atoms with van der Waals surface area (Å²) in [5, 5.41) is 11.9. The summed E-state index contributed by atoms with van der Waals surface area (Å²) in [4.78, 5) is 37.6. The summed E-state index contributed by atoms with van der Waals surface area (Å²) in [7, 11) is 5.96. The Morgan fingerprint density at radius 2 is 0.489 bits per heavy atom. The van der Waals surface area contributed by atoms with Gasteiger partial charge < -0.3 is 33.3 Å². The fraction of sp³-hybridized carbons (Fsp3) is 0.964. The number of carbonyl (C=O) groups excluding carboxylic acids is 3. The average molecular weight is 1300 g/mol. The van der Waals surface area contributed by atoms with Gasteiger partial charge in [-0.25, -0.2) is 0 Å². The third-order valence-electron chi connectivity index (χ3n) is 19.6. The highest BCUT2D eigenvalue weighted by atomic mass is 16.7. The van der Waals surface area contributed by atoms with E-state index in [1.54, 1.807) is 0 Å². The summed E-state index contributed by atoms with van der Waals surface area (Å²) in [5.41, 5.74) is 0. The van der Waals surface area contributed by atoms with E-state index in [2.05, 4.69) is 13.8 Å². The number of nitrogens with zero attached hydrogens (tertiary/aromatic N) is 1. The number of rotatable bonds is 80. The minimum atomic E-state index is -1.62. The van der Waals surface area contributed by atoms with Crippen LogP contribution in [0.2, 0.25) is 0 Å². The van der Waals surface area contributed by atoms with Crippen molar-refractivity contribution in [3.8, 4) is 0 Å². The molecule has 2 unspecified atom stereocenters. The Balaban J connectivity index is 3.92. The number of aliphatic carboxylic acids is 1. The fourth-order valence-electron chi connectivity index (χ4n) is 13.3. The Labute approximate surface area is 574 Å². The molecule has 0 fully saturated rings. The van der Waals surface area contributed by atoms with E-state index in [9.17, 15) is 19.5 Å². The molecule has 92 heavy (non-hydrogen) atoms. The molecule has 0 aromatic carbocycles. The molecule has 0 aliphatic heterocycles. The number of ether oxygens (including phenoxy) is 4. The number of quaternary nitrogens is 1. The highest BCUT2D eigenvalue weighted by Crippen LogP contribution is 2.21. The molecule has 0 bridgehead atoms. The second-order valence-electron chi connectivity index (χ2n) is 30.1. The van der Waals surface area contributed by atoms with Gasteiger partial charge in [0.2, 0.25) is 0 Å². The van der Waals surface area contributed by atoms with Crippen LogP contribution in [-0.4, -0.2) is 82.3 Å². The van der Waals surface area contributed by atoms with E-state index in [0.717, 1.165) is 38.5 Å². The number of likely N-dealkylation sites (N-methyl/N-ethyl adjacent to an activating group) is 1. The van der Waals surface area contributed by atoms with Crippen LogP contribution in [0.3, 0.4) is 0 Å². The van der Waals surface area contributed by atoms with Crippen LogP contribution < -0.4 is 5.11 Å². The number of esters is 2. The lowest BCUT2D eigenvalue weighted by atomic mass is 10.0. The zero-order chi connectivity index (χ0) is 66.8. The number of unbranched alkanes of at least 4 members (excludes halogenated alkanes) is 65. The van der Waals surface area contributed by atoms with Crippen molar-refractivity contribution in [1.29, 1.82) is 0 Å². The van der Waals surface area contributed by atoms with Crippen LogP contribution >= 0.6 is 0 Å². The van der Waals surface area contributed by atoms with E-state index in [-0.39, 0.29) is 32.2 Å². The molecule has 548 valence electrons. The first-order valence-electron chi connectivity index (χ1n) is 41.7. The first-order chi connectivity index (χ1) is 45.1. The van der Waals surface area contributed by atoms with E-state index < -0.39 is 24.3 Å². The SMILES string of the molecule is CCCCCCCCCCCCCCCCCCCCCCCCCCCCCCCCCCCCC(=O)OC(COC(=O)CCCCCCCCCCCCCCCCCCCCCCCCCCCCCCCCCCC)COC(OCC[N+](C)(C)C)C(=O)[O-]. The number of carboxylic acid groups (broad SMARTS) is 1. The zero-order valence-corrected chi connectivity index (χ0v) is 63.0. The number of carbonyl (C=O) groups is 3. The van der Waals surface area contributed by atoms with Crippen molar-refractivity contribution in [2.75, 3.05) is 47.5 Å². The molecule has 0 N–H and O–H groups in total. The van der Waals surface area contributed by atoms with E-state index in [4.69, 9.17) is 18.9 Å². The maximum atomic E-state index is 13.0. The Kier molecular flexibility index (Phi) is 73.7. The Hall–Kier alpha value is -1.71. The van der Waals surface area contributed by atoms with Crippen LogP contribution in [0.25, 0.3) is 0 Å². The molecule has 9 heteroatoms. The average Bonchev–Trinajstić information content (AvgIpc) is 3.52. The van der Waals surface area contributed by atoms with Crippen LogP contribution in [0, 0.1) is 0 Å². The predicted molar refractivity (Wildman–Crippen MR) is 394 cm³/mol. The molecule has 0 aromatic heterocycles. The first-order valence-corrected chi connectivity index (χ1v) is 41.7. The molecular formula is C83H163NO8. The molecule has 0 saturated heterocycles. The van der Waals surface area contributed by atoms with Gasteiger partial charge >= 0.3 is 11.9 Å². The maximum absolute atomic E-state index is 13.0. The Morgan fingerprint density at radius 1 is 0.283 bits per heavy atom. The van der Waals surface area contributed by atoms with Gasteiger partial charge in [-0.1, -0.05) is 431 Å². The Bertz CT molecular complexity index is 1470. The molecule has 2 atom stereocenters. The van der Waals surface area contributed by atoms with E-state index >= 15 is 0 Å². The maximum Gasteiger partial charge on any atom is 0.306 e. The second-order valence-corrected chi connectivity index (χ2v) is 30.1. The number of hydrogen-bond acceptors (Lipinski definition) is 8. The normalized spacial score (nSPS) is 12.5. The van der Waals surface area contributed by atoms with E-state index in [1.807, 2.05) is 21.1 Å². The molecule has 0 radical (unpaired) electrons. The lowest BCUT2D eigenvalue weighted by Crippen LogP contribution is -2.44. The van der Waals surface area contributed by atoms with Crippen molar-refractivity contribution in [2.45, 2.75) is 469 Å². The standard InChI is InChI=1S/C83H163NO8/c1-6-8-10-12-14-16-18-20-22-24-26-28-30-32-34-36-38-40-42-44-46-48-50-52-54-56-58-60-62-64-66-68-70-72-74-81(86)92-79(78-91-83(82(87)88)89-76-75-84(3,4)5)77-90-80(85)73-71-69-67-65-63-61-59-57-55-53-51-49-47-45-43-41-39-37-35-33-31-29-27-25-23-21-19-17-15-13-11-9-7-2/h79,83H,6-78H2,1-5H3. The van der Waals surface area contributed by atoms with E-state index in [0.29, 0.717) is 17.4 Å². The molecule has 9 nitrogen and oxygen atoms in total. The van der Waals surface area contributed by atoms with Gasteiger partial charge in [0.1, 0.15) is 13.2 Å². The summed E-state index contributed by atoms with van der Waals surface area (Å²) in [6.45, 7) is 4.86. The van der Waals surface area contributed by atoms with E-state index in [1.165, 1.54) is 392 Å². The van der Waals surface area contributed by atoms with Crippen molar-refractivity contribution in [3.05, 3.63) is 0 Å². The molecule has 0 rings (SSSR count). The van der Waals surface area contributed by atoms with Gasteiger partial charge in [0.25, 0.3) is 0 Å². The Morgan fingerprint density at radius 3 is 0.696 bits per heavy atom. The number of carboxylic acids is 1. The molecule has 0 amide bonds. The topological polar surface area (TPSA) is 111 Å². The summed E-state index contributed by atoms with van der Waals surface area (Å²) in [5.74, 6) is -2.24.